The predicted molar refractivity (Wildman–Crippen MR) is 137 cm³/mol. The molecule has 1 aliphatic rings. The number of cyclic esters (lactones) is 1. The number of carbonyl (C=O) groups excluding carboxylic acids is 3. The van der Waals surface area contributed by atoms with Gasteiger partial charge in [0.15, 0.2) is 11.3 Å². The van der Waals surface area contributed by atoms with E-state index in [1.54, 1.807) is 32.2 Å². The van der Waals surface area contributed by atoms with E-state index >= 15 is 0 Å². The molecular weight excluding hydrogens is 466 g/mol. The van der Waals surface area contributed by atoms with Gasteiger partial charge in [0.05, 0.1) is 29.7 Å². The molecule has 5 atom stereocenters. The number of allylic oxidation sites excluding steroid dienone is 1. The molecule has 194 valence electrons. The summed E-state index contributed by atoms with van der Waals surface area (Å²) in [4.78, 5) is 41.2. The molecule has 8 heteroatoms. The van der Waals surface area contributed by atoms with Crippen LogP contribution in [0.1, 0.15) is 89.1 Å². The minimum absolute atomic E-state index is 0.0696. The van der Waals surface area contributed by atoms with Crippen molar-refractivity contribution in [3.8, 4) is 0 Å². The molecule has 7 nitrogen and oxygen atoms in total. The second-order valence-electron chi connectivity index (χ2n) is 10.3. The number of esters is 1. The van der Waals surface area contributed by atoms with Crippen LogP contribution in [0.4, 0.5) is 0 Å². The first kappa shape index (κ1) is 29.1. The molecule has 35 heavy (non-hydrogen) atoms. The van der Waals surface area contributed by atoms with Gasteiger partial charge in [-0.25, -0.2) is 4.98 Å². The highest BCUT2D eigenvalue weighted by Crippen LogP contribution is 2.32. The van der Waals surface area contributed by atoms with E-state index < -0.39 is 35.6 Å². The maximum absolute atomic E-state index is 13.2. The first-order valence-electron chi connectivity index (χ1n) is 12.2. The number of aromatic nitrogens is 1. The summed E-state index contributed by atoms with van der Waals surface area (Å²) in [5.74, 6) is -1.62. The van der Waals surface area contributed by atoms with E-state index in [9.17, 15) is 24.6 Å². The van der Waals surface area contributed by atoms with Crippen LogP contribution in [0.3, 0.4) is 0 Å². The van der Waals surface area contributed by atoms with Crippen LogP contribution in [0.15, 0.2) is 22.6 Å². The largest absolute Gasteiger partial charge is 0.457 e. The Balaban J connectivity index is 2.34. The van der Waals surface area contributed by atoms with Gasteiger partial charge in [-0.2, -0.15) is 0 Å². The lowest BCUT2D eigenvalue weighted by molar-refractivity contribution is -0.154. The zero-order chi connectivity index (χ0) is 26.3. The van der Waals surface area contributed by atoms with E-state index in [0.29, 0.717) is 23.4 Å². The Morgan fingerprint density at radius 1 is 1.26 bits per heavy atom. The van der Waals surface area contributed by atoms with Crippen molar-refractivity contribution in [3.05, 3.63) is 33.3 Å². The number of nitrogens with zero attached hydrogens (tertiary/aromatic N) is 1. The minimum atomic E-state index is -1.25. The fraction of sp³-hybridized carbons (Fsp3) is 0.630. The van der Waals surface area contributed by atoms with Gasteiger partial charge in [-0.1, -0.05) is 39.3 Å². The molecule has 0 saturated heterocycles. The average molecular weight is 506 g/mol. The second kappa shape index (κ2) is 12.7. The molecule has 0 spiro atoms. The highest BCUT2D eigenvalue weighted by Gasteiger charge is 2.42. The average Bonchev–Trinajstić information content (AvgIpc) is 3.26. The lowest BCUT2D eigenvalue weighted by Crippen LogP contribution is -2.45. The predicted octanol–water partition coefficient (Wildman–Crippen LogP) is 4.77. The fourth-order valence-corrected chi connectivity index (χ4v) is 4.95. The number of hydrogen-bond acceptors (Lipinski definition) is 8. The van der Waals surface area contributed by atoms with Gasteiger partial charge in [-0.05, 0) is 50.7 Å². The van der Waals surface area contributed by atoms with Crippen LogP contribution in [0.25, 0.3) is 6.08 Å². The van der Waals surface area contributed by atoms with Gasteiger partial charge in [0.1, 0.15) is 11.9 Å². The van der Waals surface area contributed by atoms with Crippen LogP contribution in [0.5, 0.6) is 0 Å². The van der Waals surface area contributed by atoms with Gasteiger partial charge < -0.3 is 14.9 Å². The van der Waals surface area contributed by atoms with Gasteiger partial charge in [0.2, 0.25) is 0 Å². The van der Waals surface area contributed by atoms with Gasteiger partial charge >= 0.3 is 5.97 Å². The summed E-state index contributed by atoms with van der Waals surface area (Å²) in [5.41, 5.74) is 1.31. The highest BCUT2D eigenvalue weighted by atomic mass is 32.1. The molecule has 0 fully saturated rings. The zero-order valence-corrected chi connectivity index (χ0v) is 22.4. The summed E-state index contributed by atoms with van der Waals surface area (Å²) < 4.78 is 5.76. The zero-order valence-electron chi connectivity index (χ0n) is 21.6. The third-order valence-corrected chi connectivity index (χ3v) is 7.83. The monoisotopic (exact) mass is 505 g/mol. The topological polar surface area (TPSA) is 114 Å². The SMILES string of the molecule is C/C1=C/C[C@@H](/C(C)=C/c2csc(C=O)n2)OC(=O)C[C@H](O)C(C)(C)C(=O)[C@H](C)[C@@H](O)[C@@H](C)CCC1. The molecule has 1 aromatic heterocycles. The lowest BCUT2D eigenvalue weighted by atomic mass is 9.73. The number of ether oxygens (including phenoxy) is 1. The normalized spacial score (nSPS) is 31.4. The van der Waals surface area contributed by atoms with Crippen molar-refractivity contribution < 1.29 is 29.3 Å². The van der Waals surface area contributed by atoms with Crippen molar-refractivity contribution in [3.63, 3.8) is 0 Å². The summed E-state index contributed by atoms with van der Waals surface area (Å²) in [6.45, 7) is 10.7. The van der Waals surface area contributed by atoms with E-state index in [4.69, 9.17) is 4.74 Å². The number of ketones is 1. The molecule has 0 amide bonds. The molecule has 0 unspecified atom stereocenters. The Hall–Kier alpha value is -2.16. The summed E-state index contributed by atoms with van der Waals surface area (Å²) in [6.07, 6.45) is 4.48. The maximum Gasteiger partial charge on any atom is 0.309 e. The number of carbonyl (C=O) groups is 3. The molecule has 0 aromatic carbocycles. The summed E-state index contributed by atoms with van der Waals surface area (Å²) in [5, 5.41) is 23.7. The van der Waals surface area contributed by atoms with Crippen molar-refractivity contribution in [2.24, 2.45) is 17.3 Å². The van der Waals surface area contributed by atoms with Crippen molar-refractivity contribution in [2.75, 3.05) is 0 Å². The molecule has 1 aliphatic heterocycles. The summed E-state index contributed by atoms with van der Waals surface area (Å²) in [7, 11) is 0. The minimum Gasteiger partial charge on any atom is -0.457 e. The van der Waals surface area contributed by atoms with Crippen molar-refractivity contribution in [1.29, 1.82) is 0 Å². The summed E-state index contributed by atoms with van der Waals surface area (Å²) in [6, 6.07) is 0. The van der Waals surface area contributed by atoms with E-state index in [2.05, 4.69) is 4.98 Å². The van der Waals surface area contributed by atoms with Gasteiger partial charge in [0, 0.05) is 17.7 Å². The van der Waals surface area contributed by atoms with E-state index in [1.165, 1.54) is 11.3 Å². The number of aliphatic hydroxyl groups is 2. The molecule has 2 N–H and O–H groups in total. The Morgan fingerprint density at radius 3 is 2.57 bits per heavy atom. The van der Waals surface area contributed by atoms with Crippen molar-refractivity contribution in [1.82, 2.24) is 4.98 Å². The van der Waals surface area contributed by atoms with Crippen LogP contribution in [-0.4, -0.2) is 51.5 Å². The number of aliphatic hydroxyl groups excluding tert-OH is 2. The van der Waals surface area contributed by atoms with E-state index in [1.807, 2.05) is 26.8 Å². The molecular formula is C27H39NO6S. The number of aldehydes is 1. The quantitative estimate of drug-likeness (QED) is 0.345. The van der Waals surface area contributed by atoms with Crippen LogP contribution in [0, 0.1) is 17.3 Å². The van der Waals surface area contributed by atoms with Crippen LogP contribution >= 0.6 is 11.3 Å². The molecule has 0 bridgehead atoms. The summed E-state index contributed by atoms with van der Waals surface area (Å²) >= 11 is 1.24. The van der Waals surface area contributed by atoms with Crippen LogP contribution < -0.4 is 0 Å². The fourth-order valence-electron chi connectivity index (χ4n) is 4.38. The van der Waals surface area contributed by atoms with Gasteiger partial charge in [-0.15, -0.1) is 11.3 Å². The Morgan fingerprint density at radius 2 is 1.94 bits per heavy atom. The van der Waals surface area contributed by atoms with Crippen LogP contribution in [-0.2, 0) is 14.3 Å². The van der Waals surface area contributed by atoms with E-state index in [-0.39, 0.29) is 18.1 Å². The number of rotatable bonds is 3. The van der Waals surface area contributed by atoms with Crippen LogP contribution in [0.2, 0.25) is 0 Å². The number of thiazole rings is 1. The first-order valence-corrected chi connectivity index (χ1v) is 13.1. The van der Waals surface area contributed by atoms with E-state index in [0.717, 1.165) is 30.4 Å². The van der Waals surface area contributed by atoms with Gasteiger partial charge in [-0.3, -0.25) is 14.4 Å². The molecule has 2 rings (SSSR count). The Kier molecular flexibility index (Phi) is 10.5. The lowest BCUT2D eigenvalue weighted by Gasteiger charge is -2.34. The van der Waals surface area contributed by atoms with Crippen molar-refractivity contribution >= 4 is 35.5 Å². The highest BCUT2D eigenvalue weighted by molar-refractivity contribution is 7.11. The smallest absolute Gasteiger partial charge is 0.309 e. The van der Waals surface area contributed by atoms with Gasteiger partial charge in [0.25, 0.3) is 0 Å². The number of Topliss-reactive ketones (excluding diaryl/α,β-unsaturated/α-hetero) is 1. The number of hydrogen-bond donors (Lipinski definition) is 2. The third-order valence-electron chi connectivity index (χ3n) is 7.05. The molecule has 0 aliphatic carbocycles. The molecule has 1 aromatic rings. The second-order valence-corrected chi connectivity index (χ2v) is 11.2. The molecule has 0 radical (unpaired) electrons. The Labute approximate surface area is 212 Å². The molecule has 2 heterocycles. The molecule has 0 saturated carbocycles. The maximum atomic E-state index is 13.2. The first-order chi connectivity index (χ1) is 16.4. The Bertz CT molecular complexity index is 963. The van der Waals surface area contributed by atoms with Crippen molar-refractivity contribution in [2.45, 2.75) is 92.0 Å². The third kappa shape index (κ3) is 7.92. The standard InChI is InChI=1S/C27H39NO6S/c1-16-8-7-9-17(2)25(32)19(4)26(33)27(5,6)22(30)13-24(31)34-21(11-10-16)18(3)12-20-15-35-23(14-29)28-20/h10,12,14-15,17,19,21-22,25,30,32H,7-9,11,13H2,1-6H3/b16-10-,18-12+/t17-,19+,21-,22-,25-/m0/s1.